The van der Waals surface area contributed by atoms with Crippen molar-refractivity contribution in [2.24, 2.45) is 45.3 Å². The van der Waals surface area contributed by atoms with Gasteiger partial charge in [0.1, 0.15) is 97.2 Å². The molecule has 0 unspecified atom stereocenters. The van der Waals surface area contributed by atoms with Gasteiger partial charge in [0.25, 0.3) is 0 Å². The Labute approximate surface area is 455 Å². The number of methoxy groups -OCH3 is 1. The first-order chi connectivity index (χ1) is 36.7. The standard InChI is InChI=1S/C55H88O23/c1-24(2)18-26(71-25(3)58)19-54(8)34-13-16-53(7)28-10-11-33-51(4,5)35(14-15-52(33,6)27(28)12-17-55(34,53)50(67)78-54)74-49-45(36(61)29(59)22-70-49)77-47-39(64)38(63)43(32(21-57)73-47)76-46-40(65)42(30(60)23-69-46)75-48-41(66)44(68-9)37(62)31(20-56)72-48/h10,24,26-27,29-49,56-57,59-66H,11-23H2,1-9H3/t26-,27-,29-,30+,31-,32+,33+,34+,35+,36-,37+,38+,39-,40+,41+,42+,43-,44+,45+,46-,47+,48+,49-,52+,53-,54+,55-/m0/s1. The van der Waals surface area contributed by atoms with E-state index in [1.54, 1.807) is 0 Å². The molecule has 0 aromatic heterocycles. The van der Waals surface area contributed by atoms with E-state index in [0.29, 0.717) is 25.7 Å². The van der Waals surface area contributed by atoms with Gasteiger partial charge in [-0.15, -0.1) is 0 Å². The van der Waals surface area contributed by atoms with E-state index in [2.05, 4.69) is 47.6 Å². The largest absolute Gasteiger partial charge is 0.462 e. The van der Waals surface area contributed by atoms with Crippen LogP contribution in [0.1, 0.15) is 113 Å². The van der Waals surface area contributed by atoms with Crippen molar-refractivity contribution in [3.8, 4) is 0 Å². The average Bonchev–Trinajstić information content (AvgIpc) is 3.81. The van der Waals surface area contributed by atoms with Gasteiger partial charge in [-0.2, -0.15) is 0 Å². The van der Waals surface area contributed by atoms with Crippen LogP contribution in [-0.2, 0) is 61.7 Å². The minimum absolute atomic E-state index is 0.0335. The summed E-state index contributed by atoms with van der Waals surface area (Å²) in [5.41, 5.74) is -1.26. The van der Waals surface area contributed by atoms with Gasteiger partial charge >= 0.3 is 11.9 Å². The quantitative estimate of drug-likeness (QED) is 0.0709. The van der Waals surface area contributed by atoms with Crippen molar-refractivity contribution in [3.05, 3.63) is 11.6 Å². The van der Waals surface area contributed by atoms with Crippen molar-refractivity contribution >= 4 is 11.9 Å². The molecule has 0 bridgehead atoms. The van der Waals surface area contributed by atoms with Crippen molar-refractivity contribution in [1.82, 2.24) is 0 Å². The molecule has 446 valence electrons. The topological polar surface area (TPSA) is 338 Å². The molecular formula is C55H88O23. The monoisotopic (exact) mass is 1120 g/mol. The lowest BCUT2D eigenvalue weighted by Gasteiger charge is -2.64. The van der Waals surface area contributed by atoms with E-state index in [-0.39, 0.29) is 53.7 Å². The van der Waals surface area contributed by atoms with E-state index >= 15 is 0 Å². The second-order valence-electron chi connectivity index (χ2n) is 25.6. The van der Waals surface area contributed by atoms with E-state index in [1.807, 2.05) is 6.92 Å². The first-order valence-electron chi connectivity index (χ1n) is 28.2. The van der Waals surface area contributed by atoms with Crippen LogP contribution in [0.3, 0.4) is 0 Å². The van der Waals surface area contributed by atoms with E-state index in [0.717, 1.165) is 32.1 Å². The Hall–Kier alpha value is -2.08. The summed E-state index contributed by atoms with van der Waals surface area (Å²) in [5.74, 6) is 0.0521. The third-order valence-corrected chi connectivity index (χ3v) is 20.3. The fourth-order valence-electron chi connectivity index (χ4n) is 16.4. The van der Waals surface area contributed by atoms with Gasteiger partial charge in [0.15, 0.2) is 25.2 Å². The molecule has 0 amide bonds. The Morgan fingerprint density at radius 1 is 0.679 bits per heavy atom. The number of fused-ring (bicyclic) bond motifs is 4. The molecule has 5 aliphatic heterocycles. The molecule has 5 saturated heterocycles. The molecule has 8 fully saturated rings. The minimum atomic E-state index is -1.94. The normalized spacial score (nSPS) is 50.4. The molecule has 23 nitrogen and oxygen atoms in total. The third-order valence-electron chi connectivity index (χ3n) is 20.3. The highest BCUT2D eigenvalue weighted by atomic mass is 16.8. The molecule has 27 atom stereocenters. The van der Waals surface area contributed by atoms with Crippen molar-refractivity contribution < 1.29 is 113 Å². The van der Waals surface area contributed by atoms with Gasteiger partial charge in [0.05, 0.1) is 37.9 Å². The van der Waals surface area contributed by atoms with Crippen LogP contribution in [-0.4, -0.2) is 225 Å². The highest BCUT2D eigenvalue weighted by molar-refractivity contribution is 5.83. The number of hydrogen-bond acceptors (Lipinski definition) is 23. The lowest BCUT2D eigenvalue weighted by atomic mass is 9.41. The Balaban J connectivity index is 0.868. The number of esters is 2. The number of cyclic esters (lactones) is 1. The molecule has 0 radical (unpaired) electrons. The van der Waals surface area contributed by atoms with Gasteiger partial charge in [-0.3, -0.25) is 9.59 Å². The van der Waals surface area contributed by atoms with E-state index in [4.69, 9.17) is 52.1 Å². The predicted molar refractivity (Wildman–Crippen MR) is 267 cm³/mol. The Morgan fingerprint density at radius 2 is 1.31 bits per heavy atom. The molecule has 9 rings (SSSR count). The highest BCUT2D eigenvalue weighted by Crippen LogP contribution is 2.76. The summed E-state index contributed by atoms with van der Waals surface area (Å²) >= 11 is 0. The van der Waals surface area contributed by atoms with Crippen LogP contribution in [0.5, 0.6) is 0 Å². The van der Waals surface area contributed by atoms with Gasteiger partial charge in [0, 0.05) is 31.8 Å². The number of hydrogen-bond donors (Lipinski definition) is 10. The molecule has 9 aliphatic rings. The predicted octanol–water partition coefficient (Wildman–Crippen LogP) is -0.155. The SMILES string of the molecule is CO[C@H]1[C@@H](O)[C@@H](O[C@H]2[C@@H](O)[C@H](O[C@@H]3[C@H](O)[C@H](O)[C@@H](O[C@H]4[C@H](O[C@@H]5CC[C@@]6(C)[C@H](CC=C7[C@@H]6CC[C@@]68C(=O)O[C@](C)(C[C@H](CC(C)C)OC(C)=O)[C@H]6CC[C@@]78C)C5(C)C)OC[C@H](O)[C@@H]4O)O[C@@H]3CO)OC[C@H]2O)O[C@@H](CO)[C@H]1O. The lowest BCUT2D eigenvalue weighted by molar-refractivity contribution is -0.385. The maximum absolute atomic E-state index is 14.6. The van der Waals surface area contributed by atoms with Crippen molar-refractivity contribution in [1.29, 1.82) is 0 Å². The smallest absolute Gasteiger partial charge is 0.313 e. The number of aliphatic hydroxyl groups is 10. The number of rotatable bonds is 16. The lowest BCUT2D eigenvalue weighted by Crippen LogP contribution is -2.66. The van der Waals surface area contributed by atoms with Gasteiger partial charge in [-0.25, -0.2) is 0 Å². The summed E-state index contributed by atoms with van der Waals surface area (Å²) in [4.78, 5) is 26.8. The number of carbonyl (C=O) groups excluding carboxylic acids is 2. The number of carbonyl (C=O) groups is 2. The van der Waals surface area contributed by atoms with Crippen LogP contribution in [0.2, 0.25) is 0 Å². The van der Waals surface area contributed by atoms with E-state index in [1.165, 1.54) is 19.6 Å². The molecule has 10 N–H and O–H groups in total. The molecule has 23 heteroatoms. The van der Waals surface area contributed by atoms with Crippen LogP contribution < -0.4 is 0 Å². The summed E-state index contributed by atoms with van der Waals surface area (Å²) < 4.78 is 65.3. The van der Waals surface area contributed by atoms with Crippen molar-refractivity contribution in [2.75, 3.05) is 33.5 Å². The Bertz CT molecular complexity index is 2150. The molecule has 5 heterocycles. The number of allylic oxidation sites excluding steroid dienone is 2. The summed E-state index contributed by atoms with van der Waals surface area (Å²) in [6.07, 6.45) is -20.5. The van der Waals surface area contributed by atoms with Crippen LogP contribution in [0.15, 0.2) is 11.6 Å². The van der Waals surface area contributed by atoms with E-state index < -0.39 is 158 Å². The summed E-state index contributed by atoms with van der Waals surface area (Å²) in [7, 11) is 1.22. The first-order valence-corrected chi connectivity index (χ1v) is 28.2. The molecule has 78 heavy (non-hydrogen) atoms. The number of ether oxygens (including phenoxy) is 11. The Kier molecular flexibility index (Phi) is 17.7. The summed E-state index contributed by atoms with van der Waals surface area (Å²) in [5, 5.41) is 109. The maximum atomic E-state index is 14.6. The number of aliphatic hydroxyl groups excluding tert-OH is 10. The molecule has 0 aromatic carbocycles. The molecule has 3 saturated carbocycles. The van der Waals surface area contributed by atoms with Gasteiger partial charge in [-0.05, 0) is 86.9 Å². The average molecular weight is 1120 g/mol. The third kappa shape index (κ3) is 10.2. The summed E-state index contributed by atoms with van der Waals surface area (Å²) in [6, 6.07) is 0. The van der Waals surface area contributed by atoms with Gasteiger partial charge in [0.2, 0.25) is 0 Å². The molecule has 0 aromatic rings. The van der Waals surface area contributed by atoms with Gasteiger partial charge < -0.3 is 103 Å². The highest BCUT2D eigenvalue weighted by Gasteiger charge is 2.76. The molecule has 1 spiro atoms. The van der Waals surface area contributed by atoms with Crippen molar-refractivity contribution in [2.45, 2.75) is 242 Å². The minimum Gasteiger partial charge on any atom is -0.462 e. The summed E-state index contributed by atoms with van der Waals surface area (Å²) in [6.45, 7) is 14.3. The zero-order valence-corrected chi connectivity index (χ0v) is 46.4. The van der Waals surface area contributed by atoms with Crippen LogP contribution >= 0.6 is 0 Å². The fraction of sp³-hybridized carbons (Fsp3) is 0.927. The fourth-order valence-corrected chi connectivity index (χ4v) is 16.4. The Morgan fingerprint density at radius 3 is 1.97 bits per heavy atom. The molecular weight excluding hydrogens is 1030 g/mol. The van der Waals surface area contributed by atoms with E-state index in [9.17, 15) is 60.7 Å². The van der Waals surface area contributed by atoms with Crippen molar-refractivity contribution in [3.63, 3.8) is 0 Å². The first kappa shape index (κ1) is 60.5. The van der Waals surface area contributed by atoms with Crippen LogP contribution in [0, 0.1) is 45.3 Å². The zero-order chi connectivity index (χ0) is 56.8. The zero-order valence-electron chi connectivity index (χ0n) is 46.4. The second kappa shape index (κ2) is 22.8. The van der Waals surface area contributed by atoms with Gasteiger partial charge in [-0.1, -0.05) is 53.2 Å². The van der Waals surface area contributed by atoms with Crippen LogP contribution in [0.4, 0.5) is 0 Å². The van der Waals surface area contributed by atoms with Crippen LogP contribution in [0.25, 0.3) is 0 Å². The second-order valence-corrected chi connectivity index (χ2v) is 25.6. The maximum Gasteiger partial charge on any atom is 0.313 e. The molecule has 4 aliphatic carbocycles.